The molecule has 18 rings (SSSR count). The average molecular weight is 1070 g/mol. The van der Waals surface area contributed by atoms with Gasteiger partial charge >= 0.3 is 0 Å². The Kier molecular flexibility index (Phi) is 9.86. The quantitative estimate of drug-likeness (QED) is 0.166. The van der Waals surface area contributed by atoms with Gasteiger partial charge in [-0.15, -0.1) is 0 Å². The molecular weight excluding hydrogens is 1020 g/mol. The standard InChI is InChI=1S/C81H51NO2/c1-3-23-53(24-4-1)79(54-25-5-2-6-26-54)63-32-11-9-29-61(63)78-70(79)39-22-40-72(78)82(56-49-50-59-58-27-7-10-31-62(58)81(71(59)51-56)67-36-15-19-43-75(67)84-76-44-20-16-37-68(76)81)55-47-45-52(46-48-55)57-30-21-38-69-77(57)60-28-8-12-33-64(60)80(69)65-34-13-17-41-73(65)83-74-42-18-14-35-66(74)80/h1-51H. The van der Waals surface area contributed by atoms with Gasteiger partial charge in [0.05, 0.1) is 21.9 Å². The second-order valence-corrected chi connectivity index (χ2v) is 22.8. The van der Waals surface area contributed by atoms with Crippen molar-refractivity contribution in [3.05, 3.63) is 376 Å². The van der Waals surface area contributed by atoms with Gasteiger partial charge in [0, 0.05) is 39.2 Å². The van der Waals surface area contributed by atoms with E-state index in [1.165, 1.54) is 83.5 Å². The molecule has 392 valence electrons. The minimum atomic E-state index is -0.656. The van der Waals surface area contributed by atoms with Crippen LogP contribution < -0.4 is 14.4 Å². The zero-order valence-electron chi connectivity index (χ0n) is 45.7. The Morgan fingerprint density at radius 3 is 1.14 bits per heavy atom. The molecule has 84 heavy (non-hydrogen) atoms. The monoisotopic (exact) mass is 1070 g/mol. The maximum absolute atomic E-state index is 6.83. The van der Waals surface area contributed by atoms with Crippen LogP contribution >= 0.6 is 0 Å². The summed E-state index contributed by atoms with van der Waals surface area (Å²) >= 11 is 0. The first-order valence-electron chi connectivity index (χ1n) is 29.1. The van der Waals surface area contributed by atoms with Crippen LogP contribution in [0.25, 0.3) is 44.5 Å². The molecule has 2 spiro atoms. The van der Waals surface area contributed by atoms with E-state index >= 15 is 0 Å². The number of anilines is 3. The van der Waals surface area contributed by atoms with Crippen LogP contribution in [0.5, 0.6) is 23.0 Å². The van der Waals surface area contributed by atoms with E-state index in [4.69, 9.17) is 9.47 Å². The molecular formula is C81H51NO2. The molecule has 0 bridgehead atoms. The average Bonchev–Trinajstić information content (AvgIpc) is 1.63. The Hall–Kier alpha value is -10.7. The van der Waals surface area contributed by atoms with E-state index in [1.54, 1.807) is 0 Å². The van der Waals surface area contributed by atoms with Crippen LogP contribution in [0.2, 0.25) is 0 Å². The number of fused-ring (bicyclic) bond motifs is 21. The van der Waals surface area contributed by atoms with Crippen LogP contribution in [0.4, 0.5) is 17.1 Å². The summed E-state index contributed by atoms with van der Waals surface area (Å²) in [7, 11) is 0. The van der Waals surface area contributed by atoms with Gasteiger partial charge in [0.1, 0.15) is 23.0 Å². The van der Waals surface area contributed by atoms with Gasteiger partial charge < -0.3 is 14.4 Å². The highest BCUT2D eigenvalue weighted by molar-refractivity contribution is 6.00. The topological polar surface area (TPSA) is 21.7 Å². The van der Waals surface area contributed by atoms with Crippen molar-refractivity contribution >= 4 is 17.1 Å². The SMILES string of the molecule is c1ccc(C2(c3ccccc3)c3ccccc3-c3c(N(c4ccc(-c5cccc6c5-c5ccccc5C65c6ccccc6Oc6ccccc65)cc4)c4ccc5c(c4)C4(c6ccccc6Oc6ccccc64)c4ccccc4-5)cccc32)cc1. The maximum atomic E-state index is 6.83. The van der Waals surface area contributed by atoms with Gasteiger partial charge in [0.15, 0.2) is 0 Å². The summed E-state index contributed by atoms with van der Waals surface area (Å²) in [5, 5.41) is 0. The number of hydrogen-bond acceptors (Lipinski definition) is 3. The van der Waals surface area contributed by atoms with Crippen LogP contribution in [0.3, 0.4) is 0 Å². The minimum Gasteiger partial charge on any atom is -0.457 e. The molecule has 0 N–H and O–H groups in total. The molecule has 5 aliphatic rings. The molecule has 0 atom stereocenters. The predicted molar refractivity (Wildman–Crippen MR) is 339 cm³/mol. The van der Waals surface area contributed by atoms with Crippen molar-refractivity contribution in [2.24, 2.45) is 0 Å². The summed E-state index contributed by atoms with van der Waals surface area (Å²) in [5.41, 5.74) is 25.7. The third kappa shape index (κ3) is 6.04. The normalized spacial score (nSPS) is 14.7. The van der Waals surface area contributed by atoms with E-state index in [0.717, 1.165) is 67.9 Å². The molecule has 0 fully saturated rings. The third-order valence-electron chi connectivity index (χ3n) is 19.1. The van der Waals surface area contributed by atoms with Crippen molar-refractivity contribution < 1.29 is 9.47 Å². The molecule has 2 aliphatic heterocycles. The van der Waals surface area contributed by atoms with Gasteiger partial charge in [-0.3, -0.25) is 0 Å². The highest BCUT2D eigenvalue weighted by atomic mass is 16.5. The lowest BCUT2D eigenvalue weighted by Gasteiger charge is -2.39. The first kappa shape index (κ1) is 47.0. The molecule has 2 heterocycles. The number of benzene rings is 13. The summed E-state index contributed by atoms with van der Waals surface area (Å²) in [6, 6.07) is 114. The predicted octanol–water partition coefficient (Wildman–Crippen LogP) is 20.1. The van der Waals surface area contributed by atoms with Gasteiger partial charge in [-0.2, -0.15) is 0 Å². The zero-order chi connectivity index (χ0) is 55.1. The lowest BCUT2D eigenvalue weighted by molar-refractivity contribution is 0.436. The second kappa shape index (κ2) is 17.6. The molecule has 13 aromatic carbocycles. The van der Waals surface area contributed by atoms with Gasteiger partial charge in [-0.05, 0) is 138 Å². The van der Waals surface area contributed by atoms with Gasteiger partial charge in [0.25, 0.3) is 0 Å². The summed E-state index contributed by atoms with van der Waals surface area (Å²) in [6.07, 6.45) is 0. The first-order chi connectivity index (χ1) is 41.7. The Morgan fingerprint density at radius 2 is 0.595 bits per heavy atom. The van der Waals surface area contributed by atoms with E-state index in [1.807, 2.05) is 0 Å². The fourth-order valence-corrected chi connectivity index (χ4v) is 16.0. The van der Waals surface area contributed by atoms with Crippen LogP contribution in [0.15, 0.2) is 309 Å². The number of rotatable bonds is 6. The molecule has 3 nitrogen and oxygen atoms in total. The molecule has 3 aliphatic carbocycles. The van der Waals surface area contributed by atoms with E-state index in [0.29, 0.717) is 0 Å². The third-order valence-corrected chi connectivity index (χ3v) is 19.1. The molecule has 0 amide bonds. The lowest BCUT2D eigenvalue weighted by Crippen LogP contribution is -2.32. The van der Waals surface area contributed by atoms with Crippen molar-refractivity contribution in [1.29, 1.82) is 0 Å². The summed E-state index contributed by atoms with van der Waals surface area (Å²) < 4.78 is 13.5. The van der Waals surface area contributed by atoms with Crippen LogP contribution in [0.1, 0.15) is 66.8 Å². The Labute approximate surface area is 488 Å². The number of ether oxygens (including phenoxy) is 2. The highest BCUT2D eigenvalue weighted by Gasteiger charge is 2.54. The van der Waals surface area contributed by atoms with Gasteiger partial charge in [-0.1, -0.05) is 255 Å². The molecule has 0 saturated carbocycles. The largest absolute Gasteiger partial charge is 0.457 e. The van der Waals surface area contributed by atoms with Gasteiger partial charge in [-0.25, -0.2) is 0 Å². The lowest BCUT2D eigenvalue weighted by atomic mass is 9.66. The van der Waals surface area contributed by atoms with E-state index in [9.17, 15) is 0 Å². The van der Waals surface area contributed by atoms with Crippen LogP contribution in [0, 0.1) is 0 Å². The van der Waals surface area contributed by atoms with Crippen molar-refractivity contribution in [3.63, 3.8) is 0 Å². The summed E-state index contributed by atoms with van der Waals surface area (Å²) in [5.74, 6) is 3.53. The van der Waals surface area contributed by atoms with E-state index < -0.39 is 16.2 Å². The Balaban J connectivity index is 0.887. The minimum absolute atomic E-state index is 0.571. The molecule has 0 saturated heterocycles. The molecule has 13 aromatic rings. The van der Waals surface area contributed by atoms with Crippen LogP contribution in [-0.4, -0.2) is 0 Å². The smallest absolute Gasteiger partial charge is 0.132 e. The van der Waals surface area contributed by atoms with E-state index in [-0.39, 0.29) is 0 Å². The van der Waals surface area contributed by atoms with Gasteiger partial charge in [0.2, 0.25) is 0 Å². The molecule has 3 heteroatoms. The van der Waals surface area contributed by atoms with Crippen molar-refractivity contribution in [3.8, 4) is 67.5 Å². The van der Waals surface area contributed by atoms with Crippen LogP contribution in [-0.2, 0) is 16.2 Å². The van der Waals surface area contributed by atoms with Crippen molar-refractivity contribution in [2.45, 2.75) is 16.2 Å². The fraction of sp³-hybridized carbons (Fsp3) is 0.0370. The molecule has 0 radical (unpaired) electrons. The number of nitrogens with zero attached hydrogens (tertiary/aromatic N) is 1. The van der Waals surface area contributed by atoms with Crippen molar-refractivity contribution in [2.75, 3.05) is 4.90 Å². The first-order valence-corrected chi connectivity index (χ1v) is 29.1. The zero-order valence-corrected chi connectivity index (χ0v) is 45.7. The molecule has 0 unspecified atom stereocenters. The van der Waals surface area contributed by atoms with E-state index in [2.05, 4.69) is 314 Å². The van der Waals surface area contributed by atoms with Crippen molar-refractivity contribution in [1.82, 2.24) is 0 Å². The number of hydrogen-bond donors (Lipinski definition) is 0. The Bertz CT molecular complexity index is 4730. The summed E-state index contributed by atoms with van der Waals surface area (Å²) in [4.78, 5) is 2.54. The highest BCUT2D eigenvalue weighted by Crippen LogP contribution is 2.66. The fourth-order valence-electron chi connectivity index (χ4n) is 16.0. The molecule has 0 aromatic heterocycles. The Morgan fingerprint density at radius 1 is 0.226 bits per heavy atom. The summed E-state index contributed by atoms with van der Waals surface area (Å²) in [6.45, 7) is 0. The maximum Gasteiger partial charge on any atom is 0.132 e. The second-order valence-electron chi connectivity index (χ2n) is 22.8. The number of para-hydroxylation sites is 4.